The summed E-state index contributed by atoms with van der Waals surface area (Å²) in [5.74, 6) is -0.542. The lowest BCUT2D eigenvalue weighted by molar-refractivity contribution is -0.137. The Morgan fingerprint density at radius 1 is 1.15 bits per heavy atom. The molecular weight excluding hydrogens is 367 g/mol. The van der Waals surface area contributed by atoms with E-state index in [2.05, 4.69) is 16.2 Å². The van der Waals surface area contributed by atoms with E-state index in [1.165, 1.54) is 6.07 Å². The summed E-state index contributed by atoms with van der Waals surface area (Å²) in [4.78, 5) is 12.4. The molecule has 1 heterocycles. The summed E-state index contributed by atoms with van der Waals surface area (Å²) in [7, 11) is 0. The monoisotopic (exact) mass is 383 g/mol. The standard InChI is InChI=1S/C18H17ClF3N3O/c1-10-2-4-11(5-3-10)15-9-16(25-24-15)17(26)23-14-7-6-12(19)8-13(14)18(20,21)22/h2-8,15-16,24-25H,9H2,1H3,(H,23,26). The largest absolute Gasteiger partial charge is 0.418 e. The first-order valence-corrected chi connectivity index (χ1v) is 8.37. The van der Waals surface area contributed by atoms with Crippen LogP contribution in [0.15, 0.2) is 42.5 Å². The lowest BCUT2D eigenvalue weighted by atomic mass is 10.0. The van der Waals surface area contributed by atoms with E-state index in [1.807, 2.05) is 31.2 Å². The summed E-state index contributed by atoms with van der Waals surface area (Å²) in [6.45, 7) is 1.98. The highest BCUT2D eigenvalue weighted by atomic mass is 35.5. The predicted octanol–water partition coefficient (Wildman–Crippen LogP) is 4.21. The number of alkyl halides is 3. The Hall–Kier alpha value is -2.09. The SMILES string of the molecule is Cc1ccc(C2CC(C(=O)Nc3ccc(Cl)cc3C(F)(F)F)NN2)cc1. The van der Waals surface area contributed by atoms with E-state index in [0.717, 1.165) is 23.3 Å². The van der Waals surface area contributed by atoms with Gasteiger partial charge in [0.25, 0.3) is 0 Å². The minimum atomic E-state index is -4.61. The maximum absolute atomic E-state index is 13.1. The summed E-state index contributed by atoms with van der Waals surface area (Å²) < 4.78 is 39.4. The van der Waals surface area contributed by atoms with Gasteiger partial charge in [0, 0.05) is 11.1 Å². The van der Waals surface area contributed by atoms with Crippen LogP contribution in [0, 0.1) is 6.92 Å². The fraction of sp³-hybridized carbons (Fsp3) is 0.278. The summed E-state index contributed by atoms with van der Waals surface area (Å²) in [6, 6.07) is 10.3. The number of rotatable bonds is 3. The predicted molar refractivity (Wildman–Crippen MR) is 93.7 cm³/mol. The lowest BCUT2D eigenvalue weighted by Crippen LogP contribution is -2.39. The molecule has 2 aromatic carbocycles. The smallest absolute Gasteiger partial charge is 0.324 e. The Bertz CT molecular complexity index is 808. The van der Waals surface area contributed by atoms with E-state index in [-0.39, 0.29) is 16.8 Å². The van der Waals surface area contributed by atoms with Crippen LogP contribution >= 0.6 is 11.6 Å². The number of carbonyl (C=O) groups is 1. The number of benzene rings is 2. The van der Waals surface area contributed by atoms with Gasteiger partial charge in [-0.3, -0.25) is 4.79 Å². The first-order valence-electron chi connectivity index (χ1n) is 7.99. The summed E-state index contributed by atoms with van der Waals surface area (Å²) in [5, 5.41) is 2.30. The van der Waals surface area contributed by atoms with Crippen LogP contribution in [-0.2, 0) is 11.0 Å². The number of carbonyl (C=O) groups excluding carboxylic acids is 1. The van der Waals surface area contributed by atoms with Gasteiger partial charge >= 0.3 is 6.18 Å². The summed E-state index contributed by atoms with van der Waals surface area (Å²) in [5.41, 5.74) is 6.69. The van der Waals surface area contributed by atoms with Gasteiger partial charge in [-0.15, -0.1) is 0 Å². The second kappa shape index (κ2) is 7.26. The highest BCUT2D eigenvalue weighted by Gasteiger charge is 2.36. The topological polar surface area (TPSA) is 53.2 Å². The van der Waals surface area contributed by atoms with Crippen LogP contribution in [-0.4, -0.2) is 11.9 Å². The molecule has 1 saturated heterocycles. The second-order valence-electron chi connectivity index (χ2n) is 6.22. The molecular formula is C18H17ClF3N3O. The van der Waals surface area contributed by atoms with Crippen LogP contribution in [0.1, 0.15) is 29.2 Å². The van der Waals surface area contributed by atoms with Crippen LogP contribution in [0.4, 0.5) is 18.9 Å². The van der Waals surface area contributed by atoms with Crippen molar-refractivity contribution in [2.24, 2.45) is 0 Å². The number of anilines is 1. The Morgan fingerprint density at radius 2 is 1.85 bits per heavy atom. The lowest BCUT2D eigenvalue weighted by Gasteiger charge is -2.16. The van der Waals surface area contributed by atoms with Gasteiger partial charge < -0.3 is 5.32 Å². The van der Waals surface area contributed by atoms with E-state index in [9.17, 15) is 18.0 Å². The van der Waals surface area contributed by atoms with Crippen molar-refractivity contribution in [2.75, 3.05) is 5.32 Å². The highest BCUT2D eigenvalue weighted by molar-refractivity contribution is 6.30. The van der Waals surface area contributed by atoms with Crippen LogP contribution in [0.3, 0.4) is 0 Å². The van der Waals surface area contributed by atoms with E-state index in [1.54, 1.807) is 0 Å². The molecule has 1 aliphatic rings. The third-order valence-corrected chi connectivity index (χ3v) is 4.48. The molecule has 0 saturated carbocycles. The zero-order valence-electron chi connectivity index (χ0n) is 13.8. The average Bonchev–Trinajstić information content (AvgIpc) is 3.06. The van der Waals surface area contributed by atoms with Crippen LogP contribution in [0.25, 0.3) is 0 Å². The van der Waals surface area contributed by atoms with Crippen molar-refractivity contribution in [1.29, 1.82) is 0 Å². The Morgan fingerprint density at radius 3 is 2.50 bits per heavy atom. The van der Waals surface area contributed by atoms with Crippen molar-refractivity contribution in [3.8, 4) is 0 Å². The van der Waals surface area contributed by atoms with Crippen molar-refractivity contribution in [3.05, 3.63) is 64.2 Å². The minimum absolute atomic E-state index is 0.0459. The average molecular weight is 384 g/mol. The molecule has 0 aliphatic carbocycles. The molecule has 0 aromatic heterocycles. The quantitative estimate of drug-likeness (QED) is 0.744. The number of hydrazine groups is 1. The molecule has 8 heteroatoms. The molecule has 0 spiro atoms. The van der Waals surface area contributed by atoms with Gasteiger partial charge in [0.15, 0.2) is 0 Å². The Balaban J connectivity index is 1.71. The van der Waals surface area contributed by atoms with E-state index in [4.69, 9.17) is 11.6 Å². The van der Waals surface area contributed by atoms with Gasteiger partial charge in [-0.05, 0) is 37.1 Å². The molecule has 3 rings (SSSR count). The zero-order valence-corrected chi connectivity index (χ0v) is 14.6. The molecule has 3 N–H and O–H groups in total. The molecule has 4 nitrogen and oxygen atoms in total. The van der Waals surface area contributed by atoms with Gasteiger partial charge in [-0.25, -0.2) is 10.9 Å². The summed E-state index contributed by atoms with van der Waals surface area (Å²) >= 11 is 5.65. The molecule has 2 unspecified atom stereocenters. The molecule has 138 valence electrons. The summed E-state index contributed by atoms with van der Waals surface area (Å²) in [6.07, 6.45) is -4.19. The van der Waals surface area contributed by atoms with Crippen molar-refractivity contribution in [2.45, 2.75) is 31.6 Å². The fourth-order valence-corrected chi connectivity index (χ4v) is 3.00. The van der Waals surface area contributed by atoms with Gasteiger partial charge in [0.2, 0.25) is 5.91 Å². The molecule has 0 bridgehead atoms. The molecule has 0 radical (unpaired) electrons. The van der Waals surface area contributed by atoms with Crippen LogP contribution in [0.5, 0.6) is 0 Å². The van der Waals surface area contributed by atoms with Crippen molar-refractivity contribution >= 4 is 23.2 Å². The van der Waals surface area contributed by atoms with E-state index in [0.29, 0.717) is 6.42 Å². The number of halogens is 4. The van der Waals surface area contributed by atoms with Gasteiger partial charge in [-0.2, -0.15) is 13.2 Å². The molecule has 26 heavy (non-hydrogen) atoms. The second-order valence-corrected chi connectivity index (χ2v) is 6.65. The molecule has 1 fully saturated rings. The van der Waals surface area contributed by atoms with Crippen molar-refractivity contribution in [1.82, 2.24) is 10.9 Å². The number of hydrogen-bond acceptors (Lipinski definition) is 3. The number of hydrogen-bond donors (Lipinski definition) is 3. The van der Waals surface area contributed by atoms with Gasteiger partial charge in [-0.1, -0.05) is 41.4 Å². The maximum Gasteiger partial charge on any atom is 0.418 e. The van der Waals surface area contributed by atoms with Crippen LogP contribution in [0.2, 0.25) is 5.02 Å². The molecule has 2 aromatic rings. The molecule has 2 atom stereocenters. The third kappa shape index (κ3) is 4.17. The van der Waals surface area contributed by atoms with Gasteiger partial charge in [0.05, 0.1) is 11.3 Å². The van der Waals surface area contributed by atoms with E-state index >= 15 is 0 Å². The number of amides is 1. The highest BCUT2D eigenvalue weighted by Crippen LogP contribution is 2.36. The van der Waals surface area contributed by atoms with E-state index < -0.39 is 23.7 Å². The number of aryl methyl sites for hydroxylation is 1. The molecule has 1 amide bonds. The Kier molecular flexibility index (Phi) is 5.22. The Labute approximate surface area is 153 Å². The normalized spacial score (nSPS) is 20.2. The first-order chi connectivity index (χ1) is 12.2. The van der Waals surface area contributed by atoms with Crippen LogP contribution < -0.4 is 16.2 Å². The molecule has 1 aliphatic heterocycles. The first kappa shape index (κ1) is 18.7. The fourth-order valence-electron chi connectivity index (χ4n) is 2.83. The minimum Gasteiger partial charge on any atom is -0.324 e. The third-order valence-electron chi connectivity index (χ3n) is 4.24. The zero-order chi connectivity index (χ0) is 18.9. The number of nitrogens with one attached hydrogen (secondary N) is 3. The maximum atomic E-state index is 13.1. The van der Waals surface area contributed by atoms with Crippen molar-refractivity contribution < 1.29 is 18.0 Å². The van der Waals surface area contributed by atoms with Crippen molar-refractivity contribution in [3.63, 3.8) is 0 Å². The van der Waals surface area contributed by atoms with Gasteiger partial charge in [0.1, 0.15) is 6.04 Å².